The van der Waals surface area contributed by atoms with Crippen LogP contribution in [0.1, 0.15) is 213 Å². The summed E-state index contributed by atoms with van der Waals surface area (Å²) in [6.07, 6.45) is 91.9. The molecule has 0 aliphatic heterocycles. The van der Waals surface area contributed by atoms with E-state index in [4.69, 9.17) is 14.2 Å². The molecule has 1 unspecified atom stereocenters. The van der Waals surface area contributed by atoms with Gasteiger partial charge in [0.15, 0.2) is 6.10 Å². The molecule has 0 aromatic carbocycles. The van der Waals surface area contributed by atoms with Crippen molar-refractivity contribution in [1.29, 1.82) is 0 Å². The molecule has 6 heteroatoms. The van der Waals surface area contributed by atoms with E-state index in [2.05, 4.69) is 191 Å². The molecule has 416 valence electrons. The molecule has 0 saturated carbocycles. The average molecular weight is 1030 g/mol. The topological polar surface area (TPSA) is 78.9 Å². The van der Waals surface area contributed by atoms with Crippen LogP contribution in [0.5, 0.6) is 0 Å². The second-order valence-corrected chi connectivity index (χ2v) is 18.4. The lowest BCUT2D eigenvalue weighted by molar-refractivity contribution is -0.166. The summed E-state index contributed by atoms with van der Waals surface area (Å²) in [6.45, 7) is 6.15. The maximum absolute atomic E-state index is 12.9. The lowest BCUT2D eigenvalue weighted by Gasteiger charge is -2.18. The van der Waals surface area contributed by atoms with E-state index >= 15 is 0 Å². The van der Waals surface area contributed by atoms with Crippen molar-refractivity contribution in [1.82, 2.24) is 0 Å². The van der Waals surface area contributed by atoms with E-state index in [1.165, 1.54) is 12.8 Å². The number of carbonyl (C=O) groups is 3. The minimum absolute atomic E-state index is 0.109. The van der Waals surface area contributed by atoms with Crippen molar-refractivity contribution in [2.75, 3.05) is 13.2 Å². The predicted molar refractivity (Wildman–Crippen MR) is 324 cm³/mol. The molecule has 0 bridgehead atoms. The normalized spacial score (nSPS) is 13.5. The van der Waals surface area contributed by atoms with Gasteiger partial charge in [-0.1, -0.05) is 242 Å². The first-order chi connectivity index (χ1) is 37.0. The summed E-state index contributed by atoms with van der Waals surface area (Å²) in [4.78, 5) is 38.2. The molecule has 6 nitrogen and oxygen atoms in total. The molecule has 0 fully saturated rings. The molecule has 75 heavy (non-hydrogen) atoms. The van der Waals surface area contributed by atoms with Crippen molar-refractivity contribution in [2.45, 2.75) is 219 Å². The molecule has 0 saturated heterocycles. The summed E-state index contributed by atoms with van der Waals surface area (Å²) in [5, 5.41) is 0. The summed E-state index contributed by atoms with van der Waals surface area (Å²) in [5.74, 6) is -1.12. The van der Waals surface area contributed by atoms with Crippen LogP contribution in [0.25, 0.3) is 0 Å². The van der Waals surface area contributed by atoms with Crippen molar-refractivity contribution in [2.24, 2.45) is 0 Å². The van der Waals surface area contributed by atoms with Crippen molar-refractivity contribution >= 4 is 17.9 Å². The zero-order valence-electron chi connectivity index (χ0n) is 47.5. The first-order valence-electron chi connectivity index (χ1n) is 29.3. The number of hydrogen-bond acceptors (Lipinski definition) is 6. The lowest BCUT2D eigenvalue weighted by Crippen LogP contribution is -2.30. The smallest absolute Gasteiger partial charge is 0.309 e. The number of rotatable bonds is 50. The van der Waals surface area contributed by atoms with Crippen LogP contribution in [-0.2, 0) is 28.6 Å². The summed E-state index contributed by atoms with van der Waals surface area (Å²) < 4.78 is 16.7. The summed E-state index contributed by atoms with van der Waals surface area (Å²) in [6, 6.07) is 0. The summed E-state index contributed by atoms with van der Waals surface area (Å²) in [5.41, 5.74) is 0. The highest BCUT2D eigenvalue weighted by molar-refractivity contribution is 5.72. The average Bonchev–Trinajstić information content (AvgIpc) is 3.41. The standard InChI is InChI=1S/C69H104O6/c1-4-7-10-13-16-19-22-25-28-30-32-33-34-35-37-38-41-44-47-50-53-56-59-62-68(71)74-65-66(64-73-67(70)61-58-55-52-49-46-43-40-27-24-21-18-15-12-9-6-3)75-69(72)63-60-57-54-51-48-45-42-39-36-31-29-26-23-20-17-14-11-8-5-2/h7-12,16-21,25-29,32-33,35-37,39-41,44,46,49,55,58,66H,4-6,13-15,22-24,30-31,34,38,42-43,45,47-48,50-54,56-57,59-65H2,1-3H3/b10-7-,11-8-,12-9-,19-16-,20-17-,21-18-,28-25-,29-26-,33-32-,37-35-,39-36-,40-27-,44-41-,49-46-,58-55-. The highest BCUT2D eigenvalue weighted by atomic mass is 16.6. The van der Waals surface area contributed by atoms with Crippen LogP contribution in [0.3, 0.4) is 0 Å². The van der Waals surface area contributed by atoms with E-state index in [1.807, 2.05) is 6.08 Å². The summed E-state index contributed by atoms with van der Waals surface area (Å²) >= 11 is 0. The number of esters is 3. The number of unbranched alkanes of at least 4 members (excludes halogenated alkanes) is 10. The van der Waals surface area contributed by atoms with E-state index in [9.17, 15) is 14.4 Å². The Morgan fingerprint density at radius 2 is 0.533 bits per heavy atom. The molecular weight excluding hydrogens is 925 g/mol. The van der Waals surface area contributed by atoms with Crippen molar-refractivity contribution < 1.29 is 28.6 Å². The molecule has 0 aliphatic carbocycles. The Kier molecular flexibility index (Phi) is 56.6. The minimum atomic E-state index is -0.849. The van der Waals surface area contributed by atoms with Crippen LogP contribution in [-0.4, -0.2) is 37.2 Å². The summed E-state index contributed by atoms with van der Waals surface area (Å²) in [7, 11) is 0. The molecule has 1 atom stereocenters. The first kappa shape index (κ1) is 69.5. The number of allylic oxidation sites excluding steroid dienone is 29. The highest BCUT2D eigenvalue weighted by Gasteiger charge is 2.19. The third-order valence-electron chi connectivity index (χ3n) is 11.4. The van der Waals surface area contributed by atoms with Crippen molar-refractivity contribution in [3.63, 3.8) is 0 Å². The number of hydrogen-bond donors (Lipinski definition) is 0. The first-order valence-corrected chi connectivity index (χ1v) is 29.3. The van der Waals surface area contributed by atoms with Crippen molar-refractivity contribution in [3.05, 3.63) is 182 Å². The Balaban J connectivity index is 4.59. The van der Waals surface area contributed by atoms with Crippen LogP contribution < -0.4 is 0 Å². The molecule has 0 rings (SSSR count). The second-order valence-electron chi connectivity index (χ2n) is 18.4. The van der Waals surface area contributed by atoms with Gasteiger partial charge in [-0.05, 0) is 135 Å². The molecule has 0 aromatic rings. The van der Waals surface area contributed by atoms with Crippen molar-refractivity contribution in [3.8, 4) is 0 Å². The van der Waals surface area contributed by atoms with E-state index < -0.39 is 12.1 Å². The molecule has 0 heterocycles. The van der Waals surface area contributed by atoms with Gasteiger partial charge in [-0.25, -0.2) is 0 Å². The van der Waals surface area contributed by atoms with E-state index in [1.54, 1.807) is 6.08 Å². The largest absolute Gasteiger partial charge is 0.462 e. The zero-order valence-corrected chi connectivity index (χ0v) is 47.5. The Labute approximate surface area is 459 Å². The van der Waals surface area contributed by atoms with Gasteiger partial charge in [0.2, 0.25) is 0 Å². The quantitative estimate of drug-likeness (QED) is 0.0261. The minimum Gasteiger partial charge on any atom is -0.462 e. The van der Waals surface area contributed by atoms with Gasteiger partial charge in [-0.2, -0.15) is 0 Å². The van der Waals surface area contributed by atoms with E-state index in [0.717, 1.165) is 161 Å². The second kappa shape index (κ2) is 61.1. The fraction of sp³-hybridized carbons (Fsp3) is 0.522. The van der Waals surface area contributed by atoms with Crippen LogP contribution in [0, 0.1) is 0 Å². The van der Waals surface area contributed by atoms with E-state index in [-0.39, 0.29) is 38.0 Å². The monoisotopic (exact) mass is 1030 g/mol. The molecule has 0 N–H and O–H groups in total. The van der Waals surface area contributed by atoms with Gasteiger partial charge >= 0.3 is 17.9 Å². The third kappa shape index (κ3) is 59.3. The Morgan fingerprint density at radius 3 is 0.867 bits per heavy atom. The molecule has 0 aromatic heterocycles. The fourth-order valence-corrected chi connectivity index (χ4v) is 7.16. The molecular formula is C69H104O6. The van der Waals surface area contributed by atoms with Gasteiger partial charge in [-0.15, -0.1) is 0 Å². The van der Waals surface area contributed by atoms with E-state index in [0.29, 0.717) is 6.42 Å². The SMILES string of the molecule is CC/C=C\C/C=C\C/C=C\C/C=C\C/C=C\C/C=C\CCCCCCC(=O)OCC(COC(=O)C/C=C\C/C=C\C/C=C\C/C=C\C/C=C\CC)OC(=O)CCCCCCCC/C=C\C/C=C\C/C=C\C/C=C\CC. The third-order valence-corrected chi connectivity index (χ3v) is 11.4. The van der Waals surface area contributed by atoms with Gasteiger partial charge in [0.25, 0.3) is 0 Å². The van der Waals surface area contributed by atoms with Crippen LogP contribution >= 0.6 is 0 Å². The van der Waals surface area contributed by atoms with Gasteiger partial charge < -0.3 is 14.2 Å². The fourth-order valence-electron chi connectivity index (χ4n) is 7.16. The van der Waals surface area contributed by atoms with Gasteiger partial charge in [0.1, 0.15) is 13.2 Å². The molecule has 0 amide bonds. The zero-order chi connectivity index (χ0) is 54.3. The Bertz CT molecular complexity index is 1800. The lowest BCUT2D eigenvalue weighted by atomic mass is 10.1. The number of ether oxygens (including phenoxy) is 3. The van der Waals surface area contributed by atoms with Crippen LogP contribution in [0.2, 0.25) is 0 Å². The van der Waals surface area contributed by atoms with Crippen LogP contribution in [0.4, 0.5) is 0 Å². The maximum Gasteiger partial charge on any atom is 0.309 e. The van der Waals surface area contributed by atoms with Gasteiger partial charge in [-0.3, -0.25) is 14.4 Å². The predicted octanol–water partition coefficient (Wildman–Crippen LogP) is 20.1. The van der Waals surface area contributed by atoms with Gasteiger partial charge in [0, 0.05) is 12.8 Å². The Morgan fingerprint density at radius 1 is 0.280 bits per heavy atom. The molecule has 0 aliphatic rings. The molecule has 0 spiro atoms. The van der Waals surface area contributed by atoms with Gasteiger partial charge in [0.05, 0.1) is 6.42 Å². The Hall–Kier alpha value is -5.49. The number of carbonyl (C=O) groups excluding carboxylic acids is 3. The maximum atomic E-state index is 12.9. The van der Waals surface area contributed by atoms with Crippen LogP contribution in [0.15, 0.2) is 182 Å². The highest BCUT2D eigenvalue weighted by Crippen LogP contribution is 2.12. The molecule has 0 radical (unpaired) electrons.